The van der Waals surface area contributed by atoms with E-state index in [0.29, 0.717) is 6.61 Å². The Hall–Kier alpha value is -3.89. The summed E-state index contributed by atoms with van der Waals surface area (Å²) in [6, 6.07) is 30.7. The molecule has 0 spiro atoms. The van der Waals surface area contributed by atoms with Crippen molar-refractivity contribution in [2.75, 3.05) is 18.5 Å². The molecule has 0 saturated heterocycles. The third kappa shape index (κ3) is 8.83. The fourth-order valence-electron chi connectivity index (χ4n) is 5.07. The fourth-order valence-corrected chi connectivity index (χ4v) is 6.35. The average molecular weight is 619 g/mol. The molecule has 0 heterocycles. The number of hydrogen-bond donors (Lipinski definition) is 3. The number of ether oxygens (including phenoxy) is 1. The van der Waals surface area contributed by atoms with Crippen molar-refractivity contribution >= 4 is 21.6 Å². The predicted octanol–water partition coefficient (Wildman–Crippen LogP) is 6.05. The molecule has 1 unspecified atom stereocenters. The van der Waals surface area contributed by atoms with Crippen LogP contribution in [0.4, 0.5) is 10.1 Å². The van der Waals surface area contributed by atoms with Gasteiger partial charge in [-0.25, -0.2) is 17.5 Å². The summed E-state index contributed by atoms with van der Waals surface area (Å²) in [5.41, 5.74) is 2.29. The maximum Gasteiger partial charge on any atom is 0.254 e. The van der Waals surface area contributed by atoms with Crippen LogP contribution in [0.25, 0.3) is 0 Å². The maximum absolute atomic E-state index is 15.2. The second kappa shape index (κ2) is 16.3. The van der Waals surface area contributed by atoms with E-state index in [1.54, 1.807) is 24.3 Å². The lowest BCUT2D eigenvalue weighted by molar-refractivity contribution is -0.128. The number of unbranched alkanes of at least 4 members (excludes halogenated alkanes) is 1. The number of carbonyl (C=O) groups is 1. The van der Waals surface area contributed by atoms with Crippen LogP contribution in [0.1, 0.15) is 48.8 Å². The van der Waals surface area contributed by atoms with Gasteiger partial charge in [0.1, 0.15) is 11.9 Å². The van der Waals surface area contributed by atoms with Crippen molar-refractivity contribution in [2.24, 2.45) is 0 Å². The van der Waals surface area contributed by atoms with Gasteiger partial charge < -0.3 is 15.2 Å². The van der Waals surface area contributed by atoms with Gasteiger partial charge in [-0.15, -0.1) is 0 Å². The monoisotopic (exact) mass is 618 g/mol. The number of rotatable bonds is 16. The first-order chi connectivity index (χ1) is 21.3. The summed E-state index contributed by atoms with van der Waals surface area (Å²) in [4.78, 5) is 14.1. The number of sulfonamides is 1. The first kappa shape index (κ1) is 33.0. The predicted molar refractivity (Wildman–Crippen MR) is 170 cm³/mol. The van der Waals surface area contributed by atoms with Crippen LogP contribution in [-0.4, -0.2) is 44.8 Å². The zero-order chi connectivity index (χ0) is 31.4. The van der Waals surface area contributed by atoms with Gasteiger partial charge in [0.25, 0.3) is 5.91 Å². The van der Waals surface area contributed by atoms with Gasteiger partial charge in [0.15, 0.2) is 0 Å². The van der Waals surface area contributed by atoms with Crippen LogP contribution in [0.2, 0.25) is 0 Å². The minimum Gasteiger partial charge on any atom is -0.395 e. The highest BCUT2D eigenvalue weighted by Gasteiger charge is 2.32. The largest absolute Gasteiger partial charge is 0.395 e. The van der Waals surface area contributed by atoms with Gasteiger partial charge >= 0.3 is 0 Å². The molecule has 7 nitrogen and oxygen atoms in total. The molecule has 0 aromatic heterocycles. The molecular weight excluding hydrogens is 579 g/mol. The summed E-state index contributed by atoms with van der Waals surface area (Å²) in [7, 11) is -3.89. The second-order valence-electron chi connectivity index (χ2n) is 10.6. The van der Waals surface area contributed by atoms with Gasteiger partial charge in [-0.1, -0.05) is 98.3 Å². The Bertz CT molecular complexity index is 1530. The van der Waals surface area contributed by atoms with Gasteiger partial charge in [0.05, 0.1) is 11.5 Å². The minimum absolute atomic E-state index is 0.0625. The van der Waals surface area contributed by atoms with Gasteiger partial charge in [0, 0.05) is 29.8 Å². The lowest BCUT2D eigenvalue weighted by Gasteiger charge is -2.28. The third-order valence-electron chi connectivity index (χ3n) is 7.39. The smallest absolute Gasteiger partial charge is 0.254 e. The van der Waals surface area contributed by atoms with E-state index in [1.165, 1.54) is 24.3 Å². The molecule has 44 heavy (non-hydrogen) atoms. The van der Waals surface area contributed by atoms with Crippen molar-refractivity contribution < 1.29 is 27.4 Å². The summed E-state index contributed by atoms with van der Waals surface area (Å²) in [5.74, 6) is -1.39. The Labute approximate surface area is 259 Å². The highest BCUT2D eigenvalue weighted by atomic mass is 32.2. The van der Waals surface area contributed by atoms with E-state index in [1.807, 2.05) is 67.6 Å². The number of benzene rings is 4. The van der Waals surface area contributed by atoms with E-state index < -0.39 is 46.4 Å². The lowest BCUT2D eigenvalue weighted by atomic mass is 9.86. The van der Waals surface area contributed by atoms with E-state index in [9.17, 15) is 18.3 Å². The summed E-state index contributed by atoms with van der Waals surface area (Å²) < 4.78 is 49.6. The molecule has 3 N–H and O–H groups in total. The lowest BCUT2D eigenvalue weighted by Crippen LogP contribution is -2.38. The quantitative estimate of drug-likeness (QED) is 0.133. The summed E-state index contributed by atoms with van der Waals surface area (Å²) >= 11 is 0. The number of amides is 1. The van der Waals surface area contributed by atoms with E-state index in [-0.39, 0.29) is 29.0 Å². The first-order valence-corrected chi connectivity index (χ1v) is 16.3. The number of nitrogens with one attached hydrogen (secondary N) is 2. The standard InChI is InChI=1S/C35H39FN2O5S/c1-2-3-24-43-34(33(26-14-7-4-8-15-26)27-16-9-5-10-17-27)35(40)37-32-21-13-20-31(36)30(32)23-22-28(25-39)38-44(41,42)29-18-11-6-12-19-29/h4-21,28,33-34,38-39H,2-3,22-25H2,1H3,(H,37,40)/t28-,34?/m0/s1. The van der Waals surface area contributed by atoms with Crippen molar-refractivity contribution in [2.45, 2.75) is 55.6 Å². The molecule has 9 heteroatoms. The maximum atomic E-state index is 15.2. The molecule has 4 aromatic rings. The zero-order valence-corrected chi connectivity index (χ0v) is 25.5. The molecule has 0 radical (unpaired) electrons. The molecule has 0 bridgehead atoms. The summed E-state index contributed by atoms with van der Waals surface area (Å²) in [6.45, 7) is 1.94. The van der Waals surface area contributed by atoms with Gasteiger partial charge in [-0.3, -0.25) is 4.79 Å². The Kier molecular flexibility index (Phi) is 12.2. The molecule has 0 aliphatic carbocycles. The van der Waals surface area contributed by atoms with Crippen LogP contribution in [-0.2, 0) is 26.0 Å². The van der Waals surface area contributed by atoms with E-state index in [4.69, 9.17) is 4.74 Å². The Morgan fingerprint density at radius 2 is 1.45 bits per heavy atom. The molecule has 0 saturated carbocycles. The molecular formula is C35H39FN2O5S. The zero-order valence-electron chi connectivity index (χ0n) is 24.7. The van der Waals surface area contributed by atoms with Crippen molar-refractivity contribution in [3.8, 4) is 0 Å². The molecule has 0 aliphatic rings. The topological polar surface area (TPSA) is 105 Å². The first-order valence-electron chi connectivity index (χ1n) is 14.8. The van der Waals surface area contributed by atoms with Crippen molar-refractivity contribution in [1.82, 2.24) is 4.72 Å². The Balaban J connectivity index is 1.58. The summed E-state index contributed by atoms with van der Waals surface area (Å²) in [6.07, 6.45) is 0.911. The van der Waals surface area contributed by atoms with Gasteiger partial charge in [0.2, 0.25) is 10.0 Å². The molecule has 4 aromatic carbocycles. The van der Waals surface area contributed by atoms with Gasteiger partial charge in [-0.05, 0) is 54.7 Å². The van der Waals surface area contributed by atoms with Crippen LogP contribution < -0.4 is 10.0 Å². The molecule has 0 fully saturated rings. The van der Waals surface area contributed by atoms with Crippen LogP contribution >= 0.6 is 0 Å². The highest BCUT2D eigenvalue weighted by Crippen LogP contribution is 2.32. The van der Waals surface area contributed by atoms with E-state index in [2.05, 4.69) is 10.0 Å². The molecule has 1 amide bonds. The third-order valence-corrected chi connectivity index (χ3v) is 8.93. The second-order valence-corrected chi connectivity index (χ2v) is 12.3. The number of hydrogen-bond acceptors (Lipinski definition) is 5. The summed E-state index contributed by atoms with van der Waals surface area (Å²) in [5, 5.41) is 12.9. The molecule has 4 rings (SSSR count). The van der Waals surface area contributed by atoms with Crippen LogP contribution in [0, 0.1) is 5.82 Å². The van der Waals surface area contributed by atoms with Crippen molar-refractivity contribution in [3.63, 3.8) is 0 Å². The normalized spacial score (nSPS) is 13.0. The van der Waals surface area contributed by atoms with Crippen LogP contribution in [0.3, 0.4) is 0 Å². The number of aliphatic hydroxyl groups excluding tert-OH is 1. The van der Waals surface area contributed by atoms with Crippen LogP contribution in [0.5, 0.6) is 0 Å². The number of aliphatic hydroxyl groups is 1. The van der Waals surface area contributed by atoms with E-state index >= 15 is 4.39 Å². The van der Waals surface area contributed by atoms with E-state index in [0.717, 1.165) is 24.0 Å². The van der Waals surface area contributed by atoms with Crippen molar-refractivity contribution in [1.29, 1.82) is 0 Å². The number of anilines is 1. The minimum atomic E-state index is -3.89. The van der Waals surface area contributed by atoms with Gasteiger partial charge in [-0.2, -0.15) is 0 Å². The number of carbonyl (C=O) groups excluding carboxylic acids is 1. The van der Waals surface area contributed by atoms with Crippen LogP contribution in [0.15, 0.2) is 114 Å². The highest BCUT2D eigenvalue weighted by molar-refractivity contribution is 7.89. The average Bonchev–Trinajstić information content (AvgIpc) is 3.04. The number of halogens is 1. The Morgan fingerprint density at radius 3 is 2.02 bits per heavy atom. The Morgan fingerprint density at radius 1 is 0.864 bits per heavy atom. The molecule has 0 aliphatic heterocycles. The molecule has 2 atom stereocenters. The fraction of sp³-hybridized carbons (Fsp3) is 0.286. The van der Waals surface area contributed by atoms with Crippen molar-refractivity contribution in [3.05, 3.63) is 132 Å². The SMILES string of the molecule is CCCCOC(C(=O)Nc1cccc(F)c1CC[C@@H](CO)NS(=O)(=O)c1ccccc1)C(c1ccccc1)c1ccccc1. The molecule has 232 valence electrons.